The molecule has 0 aromatic rings. The molecule has 0 bridgehead atoms. The highest BCUT2D eigenvalue weighted by Crippen LogP contribution is 2.52. The minimum absolute atomic E-state index is 0.244. The molecule has 2 saturated heterocycles. The fraction of sp³-hybridized carbons (Fsp3) is 0.905. The molecule has 5 atom stereocenters. The van der Waals surface area contributed by atoms with Gasteiger partial charge in [0.2, 0.25) is 0 Å². The summed E-state index contributed by atoms with van der Waals surface area (Å²) >= 11 is 0. The molecule has 0 spiro atoms. The summed E-state index contributed by atoms with van der Waals surface area (Å²) in [7, 11) is 0. The molecule has 4 unspecified atom stereocenters. The highest BCUT2D eigenvalue weighted by Gasteiger charge is 2.55. The van der Waals surface area contributed by atoms with Crippen LogP contribution in [0.3, 0.4) is 0 Å². The maximum absolute atomic E-state index is 14.9. The summed E-state index contributed by atoms with van der Waals surface area (Å²) in [6, 6.07) is 0. The second kappa shape index (κ2) is 8.57. The summed E-state index contributed by atoms with van der Waals surface area (Å²) in [4.78, 5) is 0. The predicted molar refractivity (Wildman–Crippen MR) is 98.2 cm³/mol. The molecule has 1 N–H and O–H groups in total. The van der Waals surface area contributed by atoms with Crippen molar-refractivity contribution in [3.63, 3.8) is 0 Å². The molecule has 150 valence electrons. The number of allylic oxidation sites excluding steroid dienone is 1. The molecule has 1 saturated carbocycles. The van der Waals surface area contributed by atoms with Crippen LogP contribution < -0.4 is 0 Å². The molecule has 26 heavy (non-hydrogen) atoms. The third kappa shape index (κ3) is 4.60. The van der Waals surface area contributed by atoms with Crippen LogP contribution in [0.5, 0.6) is 0 Å². The topological polar surface area (TPSA) is 47.9 Å². The number of hydrogen-bond donors (Lipinski definition) is 1. The molecule has 2 heterocycles. The van der Waals surface area contributed by atoms with Crippen molar-refractivity contribution < 1.29 is 23.7 Å². The lowest BCUT2D eigenvalue weighted by Gasteiger charge is -2.35. The summed E-state index contributed by atoms with van der Waals surface area (Å²) in [5.41, 5.74) is -1.85. The van der Waals surface area contributed by atoms with Crippen molar-refractivity contribution in [2.75, 3.05) is 6.61 Å². The predicted octanol–water partition coefficient (Wildman–Crippen LogP) is 5.00. The fourth-order valence-electron chi connectivity index (χ4n) is 4.65. The monoisotopic (exact) mass is 370 g/mol. The van der Waals surface area contributed by atoms with Gasteiger partial charge in [-0.25, -0.2) is 4.39 Å². The van der Waals surface area contributed by atoms with E-state index in [9.17, 15) is 9.50 Å². The Balaban J connectivity index is 1.78. The zero-order chi connectivity index (χ0) is 18.6. The van der Waals surface area contributed by atoms with Gasteiger partial charge < -0.3 is 19.3 Å². The van der Waals surface area contributed by atoms with Crippen LogP contribution in [0.4, 0.5) is 4.39 Å². The summed E-state index contributed by atoms with van der Waals surface area (Å²) in [5, 5.41) is 10.1. The summed E-state index contributed by atoms with van der Waals surface area (Å²) < 4.78 is 32.9. The third-order valence-electron chi connectivity index (χ3n) is 6.17. The maximum Gasteiger partial charge on any atom is 0.199 e. The Morgan fingerprint density at radius 3 is 2.92 bits per heavy atom. The molecular weight excluding hydrogens is 335 g/mol. The maximum atomic E-state index is 14.9. The van der Waals surface area contributed by atoms with Crippen molar-refractivity contribution in [2.45, 2.75) is 108 Å². The molecule has 0 aromatic heterocycles. The standard InChI is InChI=1S/C21H35FO4/c1-3-4-11-20(2,22)13-10-17(25-19-9-5-6-14-24-19)21-12-7-8-16(21)15-18(23)26-21/h10,16,18-19,23H,3-9,11-15H2,1-2H3/t16?,18?,19?,20-,21?/m0/s1. The van der Waals surface area contributed by atoms with Crippen LogP contribution in [-0.4, -0.2) is 35.6 Å². The van der Waals surface area contributed by atoms with Gasteiger partial charge in [-0.3, -0.25) is 0 Å². The van der Waals surface area contributed by atoms with Crippen LogP contribution >= 0.6 is 0 Å². The minimum atomic E-state index is -1.25. The van der Waals surface area contributed by atoms with Gasteiger partial charge in [0, 0.05) is 25.2 Å². The van der Waals surface area contributed by atoms with E-state index in [1.54, 1.807) is 6.92 Å². The first-order valence-electron chi connectivity index (χ1n) is 10.5. The number of fused-ring (bicyclic) bond motifs is 1. The molecule has 2 aliphatic heterocycles. The Labute approximate surface area is 157 Å². The smallest absolute Gasteiger partial charge is 0.199 e. The van der Waals surface area contributed by atoms with Crippen molar-refractivity contribution in [1.29, 1.82) is 0 Å². The molecule has 0 radical (unpaired) electrons. The van der Waals surface area contributed by atoms with Crippen LogP contribution in [0.1, 0.15) is 84.5 Å². The third-order valence-corrected chi connectivity index (χ3v) is 6.17. The summed E-state index contributed by atoms with van der Waals surface area (Å²) in [5.74, 6) is 0.942. The highest BCUT2D eigenvalue weighted by atomic mass is 19.1. The molecule has 0 aromatic carbocycles. The van der Waals surface area contributed by atoms with Crippen LogP contribution in [0.15, 0.2) is 11.8 Å². The number of unbranched alkanes of at least 4 members (excludes halogenated alkanes) is 1. The van der Waals surface area contributed by atoms with E-state index in [-0.39, 0.29) is 12.2 Å². The normalized spacial score (nSPS) is 37.4. The Bertz CT molecular complexity index is 486. The SMILES string of the molecule is CCCC[C@](C)(F)CC=C(OC1CCCCO1)C12CCCC1CC(O)O2. The van der Waals surface area contributed by atoms with Crippen LogP contribution in [0, 0.1) is 5.92 Å². The number of alkyl halides is 1. The van der Waals surface area contributed by atoms with E-state index >= 15 is 0 Å². The number of aliphatic hydroxyl groups is 1. The van der Waals surface area contributed by atoms with E-state index in [4.69, 9.17) is 14.2 Å². The van der Waals surface area contributed by atoms with Gasteiger partial charge in [0.05, 0.1) is 6.61 Å². The average Bonchev–Trinajstić information content (AvgIpc) is 3.14. The van der Waals surface area contributed by atoms with Crippen LogP contribution in [0.25, 0.3) is 0 Å². The largest absolute Gasteiger partial charge is 0.467 e. The Kier molecular flexibility index (Phi) is 6.63. The van der Waals surface area contributed by atoms with E-state index < -0.39 is 17.6 Å². The van der Waals surface area contributed by atoms with E-state index in [2.05, 4.69) is 6.92 Å². The van der Waals surface area contributed by atoms with Gasteiger partial charge in [-0.2, -0.15) is 0 Å². The first-order valence-corrected chi connectivity index (χ1v) is 10.5. The van der Waals surface area contributed by atoms with Crippen LogP contribution in [-0.2, 0) is 14.2 Å². The highest BCUT2D eigenvalue weighted by molar-refractivity contribution is 5.20. The van der Waals surface area contributed by atoms with Crippen molar-refractivity contribution in [1.82, 2.24) is 0 Å². The van der Waals surface area contributed by atoms with Gasteiger partial charge in [-0.1, -0.05) is 19.8 Å². The van der Waals surface area contributed by atoms with Gasteiger partial charge >= 0.3 is 0 Å². The number of ether oxygens (including phenoxy) is 3. The van der Waals surface area contributed by atoms with Crippen molar-refractivity contribution >= 4 is 0 Å². The van der Waals surface area contributed by atoms with E-state index in [0.29, 0.717) is 31.6 Å². The van der Waals surface area contributed by atoms with E-state index in [1.165, 1.54) is 0 Å². The first-order chi connectivity index (χ1) is 12.5. The van der Waals surface area contributed by atoms with Crippen molar-refractivity contribution in [2.24, 2.45) is 5.92 Å². The van der Waals surface area contributed by atoms with Crippen molar-refractivity contribution in [3.8, 4) is 0 Å². The van der Waals surface area contributed by atoms with E-state index in [0.717, 1.165) is 51.4 Å². The van der Waals surface area contributed by atoms with Crippen molar-refractivity contribution in [3.05, 3.63) is 11.8 Å². The lowest BCUT2D eigenvalue weighted by Crippen LogP contribution is -2.38. The molecule has 5 heteroatoms. The zero-order valence-electron chi connectivity index (χ0n) is 16.3. The summed E-state index contributed by atoms with van der Waals surface area (Å²) in [6.45, 7) is 4.45. The molecule has 3 fully saturated rings. The van der Waals surface area contributed by atoms with Crippen LogP contribution in [0.2, 0.25) is 0 Å². The van der Waals surface area contributed by atoms with Gasteiger partial charge in [0.15, 0.2) is 12.6 Å². The quantitative estimate of drug-likeness (QED) is 0.611. The second-order valence-corrected chi connectivity index (χ2v) is 8.49. The number of hydrogen-bond acceptors (Lipinski definition) is 4. The molecule has 0 amide bonds. The molecule has 1 aliphatic carbocycles. The Hall–Kier alpha value is -0.650. The van der Waals surface area contributed by atoms with Gasteiger partial charge in [-0.15, -0.1) is 0 Å². The molecule has 4 nitrogen and oxygen atoms in total. The minimum Gasteiger partial charge on any atom is -0.467 e. The zero-order valence-corrected chi connectivity index (χ0v) is 16.3. The Morgan fingerprint density at radius 2 is 2.19 bits per heavy atom. The van der Waals surface area contributed by atoms with E-state index in [1.807, 2.05) is 6.08 Å². The average molecular weight is 371 g/mol. The Morgan fingerprint density at radius 1 is 1.35 bits per heavy atom. The number of aliphatic hydroxyl groups excluding tert-OH is 1. The van der Waals surface area contributed by atoms with Gasteiger partial charge in [0.25, 0.3) is 0 Å². The first kappa shape index (κ1) is 20.1. The lowest BCUT2D eigenvalue weighted by molar-refractivity contribution is -0.185. The molecule has 3 aliphatic rings. The lowest BCUT2D eigenvalue weighted by atomic mass is 9.87. The molecular formula is C21H35FO4. The molecule has 3 rings (SSSR count). The fourth-order valence-corrected chi connectivity index (χ4v) is 4.65. The van der Waals surface area contributed by atoms with Gasteiger partial charge in [0.1, 0.15) is 17.0 Å². The van der Waals surface area contributed by atoms with Gasteiger partial charge in [-0.05, 0) is 51.5 Å². The second-order valence-electron chi connectivity index (χ2n) is 8.49. The summed E-state index contributed by atoms with van der Waals surface area (Å²) in [6.07, 6.45) is 10.1. The number of halogens is 1. The number of rotatable bonds is 8.